The second-order valence-electron chi connectivity index (χ2n) is 3.83. The lowest BCUT2D eigenvalue weighted by Gasteiger charge is -2.14. The van der Waals surface area contributed by atoms with Crippen LogP contribution in [0.5, 0.6) is 0 Å². The molecule has 0 heterocycles. The van der Waals surface area contributed by atoms with E-state index in [4.69, 9.17) is 6.42 Å². The molecule has 1 atom stereocenters. The Morgan fingerprint density at radius 2 is 2.29 bits per heavy atom. The second-order valence-corrected chi connectivity index (χ2v) is 4.68. The second kappa shape index (κ2) is 5.69. The van der Waals surface area contributed by atoms with Crippen molar-refractivity contribution < 1.29 is 4.92 Å². The first-order chi connectivity index (χ1) is 7.95. The molecule has 1 aromatic carbocycles. The van der Waals surface area contributed by atoms with Crippen molar-refractivity contribution in [1.29, 1.82) is 0 Å². The van der Waals surface area contributed by atoms with E-state index in [1.807, 2.05) is 6.92 Å². The van der Waals surface area contributed by atoms with E-state index in [0.717, 1.165) is 5.69 Å². The molecule has 0 saturated heterocycles. The van der Waals surface area contributed by atoms with Gasteiger partial charge in [-0.25, -0.2) is 0 Å². The number of nitrogens with zero attached hydrogens (tertiary/aromatic N) is 1. The van der Waals surface area contributed by atoms with Gasteiger partial charge in [0.25, 0.3) is 5.69 Å². The molecule has 1 rings (SSSR count). The van der Waals surface area contributed by atoms with Gasteiger partial charge in [-0.3, -0.25) is 10.1 Å². The molecule has 1 aromatic rings. The van der Waals surface area contributed by atoms with Crippen LogP contribution in [0.1, 0.15) is 18.9 Å². The Hall–Kier alpha value is -1.54. The lowest BCUT2D eigenvalue weighted by molar-refractivity contribution is -0.385. The lowest BCUT2D eigenvalue weighted by Crippen LogP contribution is -2.14. The molecule has 0 aliphatic carbocycles. The summed E-state index contributed by atoms with van der Waals surface area (Å²) in [5.74, 6) is 2.57. The Kier molecular flexibility index (Phi) is 4.53. The molecule has 5 heteroatoms. The Bertz CT molecular complexity index is 480. The van der Waals surface area contributed by atoms with Crippen LogP contribution < -0.4 is 5.32 Å². The number of rotatable bonds is 4. The fourth-order valence-corrected chi connectivity index (χ4v) is 1.92. The highest BCUT2D eigenvalue weighted by Gasteiger charge is 2.14. The van der Waals surface area contributed by atoms with Crippen LogP contribution in [0, 0.1) is 29.4 Å². The van der Waals surface area contributed by atoms with Crippen molar-refractivity contribution >= 4 is 27.3 Å². The van der Waals surface area contributed by atoms with Gasteiger partial charge in [-0.05, 0) is 35.8 Å². The average molecular weight is 297 g/mol. The first kappa shape index (κ1) is 13.5. The smallest absolute Gasteiger partial charge is 0.273 e. The SMILES string of the molecule is C#CCC(C)Nc1cc(C)c([N+](=O)[O-])cc1Br. The van der Waals surface area contributed by atoms with E-state index >= 15 is 0 Å². The van der Waals surface area contributed by atoms with Gasteiger partial charge in [0.05, 0.1) is 4.92 Å². The Labute approximate surface area is 109 Å². The van der Waals surface area contributed by atoms with E-state index in [0.29, 0.717) is 16.5 Å². The Balaban J connectivity index is 3.00. The third kappa shape index (κ3) is 3.46. The third-order valence-electron chi connectivity index (χ3n) is 2.31. The van der Waals surface area contributed by atoms with Gasteiger partial charge in [-0.2, -0.15) is 0 Å². The van der Waals surface area contributed by atoms with Crippen molar-refractivity contribution in [2.24, 2.45) is 0 Å². The number of hydrogen-bond acceptors (Lipinski definition) is 3. The number of nitro groups is 1. The van der Waals surface area contributed by atoms with Crippen LogP contribution in [0.2, 0.25) is 0 Å². The summed E-state index contributed by atoms with van der Waals surface area (Å²) in [6, 6.07) is 3.37. The first-order valence-electron chi connectivity index (χ1n) is 5.10. The summed E-state index contributed by atoms with van der Waals surface area (Å²) < 4.78 is 0.665. The molecule has 0 fully saturated rings. The van der Waals surface area contributed by atoms with Crippen LogP contribution in [-0.2, 0) is 0 Å². The van der Waals surface area contributed by atoms with Crippen LogP contribution in [0.25, 0.3) is 0 Å². The minimum atomic E-state index is -0.394. The van der Waals surface area contributed by atoms with Gasteiger partial charge in [-0.1, -0.05) is 0 Å². The largest absolute Gasteiger partial charge is 0.381 e. The number of benzene rings is 1. The van der Waals surface area contributed by atoms with Crippen molar-refractivity contribution in [3.8, 4) is 12.3 Å². The van der Waals surface area contributed by atoms with Crippen LogP contribution in [-0.4, -0.2) is 11.0 Å². The van der Waals surface area contributed by atoms with Crippen molar-refractivity contribution in [2.45, 2.75) is 26.3 Å². The maximum atomic E-state index is 10.7. The molecule has 0 aliphatic rings. The predicted octanol–water partition coefficient (Wildman–Crippen LogP) is 3.49. The zero-order chi connectivity index (χ0) is 13.0. The molecule has 17 heavy (non-hydrogen) atoms. The summed E-state index contributed by atoms with van der Waals surface area (Å²) in [5, 5.41) is 14.0. The van der Waals surface area contributed by atoms with Crippen LogP contribution in [0.4, 0.5) is 11.4 Å². The number of aryl methyl sites for hydroxylation is 1. The zero-order valence-corrected chi connectivity index (χ0v) is 11.2. The summed E-state index contributed by atoms with van der Waals surface area (Å²) in [4.78, 5) is 10.4. The van der Waals surface area contributed by atoms with E-state index in [1.54, 1.807) is 13.0 Å². The van der Waals surface area contributed by atoms with Crippen LogP contribution >= 0.6 is 15.9 Å². The number of hydrogen-bond donors (Lipinski definition) is 1. The summed E-state index contributed by atoms with van der Waals surface area (Å²) >= 11 is 3.31. The molecule has 0 saturated carbocycles. The maximum Gasteiger partial charge on any atom is 0.273 e. The summed E-state index contributed by atoms with van der Waals surface area (Å²) in [6.07, 6.45) is 5.82. The van der Waals surface area contributed by atoms with Gasteiger partial charge in [-0.15, -0.1) is 12.3 Å². The molecule has 1 N–H and O–H groups in total. The van der Waals surface area contributed by atoms with Gasteiger partial charge in [0, 0.05) is 34.3 Å². The summed E-state index contributed by atoms with van der Waals surface area (Å²) in [5.41, 5.74) is 1.54. The van der Waals surface area contributed by atoms with E-state index in [1.165, 1.54) is 6.07 Å². The van der Waals surface area contributed by atoms with E-state index < -0.39 is 4.92 Å². The topological polar surface area (TPSA) is 55.2 Å². The summed E-state index contributed by atoms with van der Waals surface area (Å²) in [7, 11) is 0. The molecule has 4 nitrogen and oxygen atoms in total. The predicted molar refractivity (Wildman–Crippen MR) is 72.1 cm³/mol. The van der Waals surface area contributed by atoms with E-state index in [-0.39, 0.29) is 11.7 Å². The number of nitro benzene ring substituents is 1. The average Bonchev–Trinajstić information content (AvgIpc) is 2.22. The maximum absolute atomic E-state index is 10.7. The molecule has 0 aromatic heterocycles. The number of halogens is 1. The van der Waals surface area contributed by atoms with Crippen molar-refractivity contribution in [3.05, 3.63) is 32.3 Å². The van der Waals surface area contributed by atoms with Gasteiger partial charge < -0.3 is 5.32 Å². The van der Waals surface area contributed by atoms with Gasteiger partial charge in [0.15, 0.2) is 0 Å². The van der Waals surface area contributed by atoms with Crippen LogP contribution in [0.3, 0.4) is 0 Å². The molecule has 90 valence electrons. The van der Waals surface area contributed by atoms with E-state index in [9.17, 15) is 10.1 Å². The summed E-state index contributed by atoms with van der Waals surface area (Å²) in [6.45, 7) is 3.67. The molecule has 1 unspecified atom stereocenters. The number of anilines is 1. The highest BCUT2D eigenvalue weighted by molar-refractivity contribution is 9.10. The fourth-order valence-electron chi connectivity index (χ4n) is 1.47. The zero-order valence-electron chi connectivity index (χ0n) is 9.66. The molecule has 0 bridgehead atoms. The lowest BCUT2D eigenvalue weighted by atomic mass is 10.1. The Morgan fingerprint density at radius 3 is 2.82 bits per heavy atom. The molecule has 0 aliphatic heterocycles. The highest BCUT2D eigenvalue weighted by Crippen LogP contribution is 2.31. The minimum Gasteiger partial charge on any atom is -0.381 e. The van der Waals surface area contributed by atoms with Crippen molar-refractivity contribution in [3.63, 3.8) is 0 Å². The monoisotopic (exact) mass is 296 g/mol. The van der Waals surface area contributed by atoms with Crippen molar-refractivity contribution in [2.75, 3.05) is 5.32 Å². The molecule has 0 spiro atoms. The molecule has 0 radical (unpaired) electrons. The standard InChI is InChI=1S/C12H13BrN2O2/c1-4-5-9(3)14-11-6-8(2)12(15(16)17)7-10(11)13/h1,6-7,9,14H,5H2,2-3H3. The van der Waals surface area contributed by atoms with Gasteiger partial charge >= 0.3 is 0 Å². The minimum absolute atomic E-state index is 0.104. The third-order valence-corrected chi connectivity index (χ3v) is 2.96. The first-order valence-corrected chi connectivity index (χ1v) is 5.89. The van der Waals surface area contributed by atoms with Gasteiger partial charge in [0.2, 0.25) is 0 Å². The van der Waals surface area contributed by atoms with Gasteiger partial charge in [0.1, 0.15) is 0 Å². The molecule has 0 amide bonds. The number of terminal acetylenes is 1. The highest BCUT2D eigenvalue weighted by atomic mass is 79.9. The fraction of sp³-hybridized carbons (Fsp3) is 0.333. The molecular formula is C12H13BrN2O2. The van der Waals surface area contributed by atoms with E-state index in [2.05, 4.69) is 27.2 Å². The number of nitrogens with one attached hydrogen (secondary N) is 1. The normalized spacial score (nSPS) is 11.6. The van der Waals surface area contributed by atoms with Crippen molar-refractivity contribution in [1.82, 2.24) is 0 Å². The van der Waals surface area contributed by atoms with Crippen LogP contribution in [0.15, 0.2) is 16.6 Å². The Morgan fingerprint density at radius 1 is 1.65 bits per heavy atom. The quantitative estimate of drug-likeness (QED) is 0.526. The molecular weight excluding hydrogens is 284 g/mol.